The zero-order valence-electron chi connectivity index (χ0n) is 11.8. The highest BCUT2D eigenvalue weighted by molar-refractivity contribution is 5.94. The number of halogens is 1. The first-order valence-corrected chi connectivity index (χ1v) is 6.67. The molecule has 4 heteroatoms. The van der Waals surface area contributed by atoms with Gasteiger partial charge in [0.1, 0.15) is 0 Å². The van der Waals surface area contributed by atoms with Crippen LogP contribution in [0.15, 0.2) is 24.3 Å². The molecular formula is C15H23ClN2O. The number of benzene rings is 1. The number of hydrogen-bond acceptors (Lipinski definition) is 2. The van der Waals surface area contributed by atoms with Gasteiger partial charge in [0.15, 0.2) is 0 Å². The first-order valence-electron chi connectivity index (χ1n) is 6.67. The smallest absolute Gasteiger partial charge is 0.253 e. The van der Waals surface area contributed by atoms with Gasteiger partial charge in [-0.15, -0.1) is 12.4 Å². The summed E-state index contributed by atoms with van der Waals surface area (Å²) in [6, 6.07) is 8.32. The van der Waals surface area contributed by atoms with Crippen LogP contribution in [0.5, 0.6) is 0 Å². The number of carbonyl (C=O) groups excluding carboxylic acids is 1. The van der Waals surface area contributed by atoms with Crippen LogP contribution < -0.4 is 5.32 Å². The van der Waals surface area contributed by atoms with Gasteiger partial charge in [-0.2, -0.15) is 0 Å². The number of hydrogen-bond donors (Lipinski definition) is 1. The molecular weight excluding hydrogens is 260 g/mol. The molecule has 0 bridgehead atoms. The number of likely N-dealkylation sites (N-methyl/N-ethyl adjacent to an activating group) is 1. The average Bonchev–Trinajstić information content (AvgIpc) is 2.91. The Morgan fingerprint density at radius 2 is 2.16 bits per heavy atom. The summed E-state index contributed by atoms with van der Waals surface area (Å²) >= 11 is 0. The van der Waals surface area contributed by atoms with E-state index in [1.54, 1.807) is 0 Å². The fourth-order valence-corrected chi connectivity index (χ4v) is 2.37. The van der Waals surface area contributed by atoms with Crippen LogP contribution in [0, 0.1) is 0 Å². The number of amides is 1. The molecule has 1 saturated heterocycles. The minimum absolute atomic E-state index is 0. The Hall–Kier alpha value is -1.06. The van der Waals surface area contributed by atoms with Crippen LogP contribution in [0.1, 0.15) is 42.1 Å². The lowest BCUT2D eigenvalue weighted by molar-refractivity contribution is 0.0743. The molecule has 2 rings (SSSR count). The van der Waals surface area contributed by atoms with Gasteiger partial charge in [0.05, 0.1) is 0 Å². The van der Waals surface area contributed by atoms with Gasteiger partial charge in [0.2, 0.25) is 0 Å². The fraction of sp³-hybridized carbons (Fsp3) is 0.533. The standard InChI is InChI=1S/C15H22N2O.ClH/c1-11(2)12-5-4-6-13(9-12)15(18)17(3)14-7-8-16-10-14;/h4-6,9,11,14,16H,7-8,10H2,1-3H3;1H. The predicted molar refractivity (Wildman–Crippen MR) is 81.1 cm³/mol. The Morgan fingerprint density at radius 3 is 2.74 bits per heavy atom. The van der Waals surface area contributed by atoms with Crippen molar-refractivity contribution in [2.75, 3.05) is 20.1 Å². The van der Waals surface area contributed by atoms with Gasteiger partial charge in [-0.25, -0.2) is 0 Å². The highest BCUT2D eigenvalue weighted by atomic mass is 35.5. The predicted octanol–water partition coefficient (Wildman–Crippen LogP) is 2.67. The van der Waals surface area contributed by atoms with Crippen LogP contribution in [0.25, 0.3) is 0 Å². The zero-order chi connectivity index (χ0) is 13.1. The van der Waals surface area contributed by atoms with Crippen LogP contribution in [-0.2, 0) is 0 Å². The molecule has 0 radical (unpaired) electrons. The summed E-state index contributed by atoms with van der Waals surface area (Å²) in [6.07, 6.45) is 1.05. The number of rotatable bonds is 3. The van der Waals surface area contributed by atoms with Crippen LogP contribution in [0.4, 0.5) is 0 Å². The summed E-state index contributed by atoms with van der Waals surface area (Å²) in [5.74, 6) is 0.586. The molecule has 1 aliphatic heterocycles. The zero-order valence-corrected chi connectivity index (χ0v) is 12.7. The molecule has 1 aromatic carbocycles. The molecule has 1 aromatic rings. The van der Waals surface area contributed by atoms with Crippen molar-refractivity contribution in [2.24, 2.45) is 0 Å². The summed E-state index contributed by atoms with van der Waals surface area (Å²) < 4.78 is 0. The molecule has 0 aromatic heterocycles. The van der Waals surface area contributed by atoms with E-state index in [1.165, 1.54) is 5.56 Å². The van der Waals surface area contributed by atoms with Crippen LogP contribution in [0.2, 0.25) is 0 Å². The van der Waals surface area contributed by atoms with E-state index in [1.807, 2.05) is 30.1 Å². The third kappa shape index (κ3) is 3.71. The fourth-order valence-electron chi connectivity index (χ4n) is 2.37. The summed E-state index contributed by atoms with van der Waals surface area (Å²) in [5.41, 5.74) is 2.02. The molecule has 1 N–H and O–H groups in total. The van der Waals surface area contributed by atoms with Gasteiger partial charge in [-0.3, -0.25) is 4.79 Å². The second kappa shape index (κ2) is 6.92. The van der Waals surface area contributed by atoms with E-state index in [4.69, 9.17) is 0 Å². The van der Waals surface area contributed by atoms with E-state index in [0.717, 1.165) is 25.1 Å². The summed E-state index contributed by atoms with van der Waals surface area (Å²) in [6.45, 7) is 6.21. The maximum Gasteiger partial charge on any atom is 0.253 e. The minimum atomic E-state index is 0. The second-order valence-corrected chi connectivity index (χ2v) is 5.34. The monoisotopic (exact) mass is 282 g/mol. The van der Waals surface area contributed by atoms with E-state index >= 15 is 0 Å². The van der Waals surface area contributed by atoms with Crippen LogP contribution in [0.3, 0.4) is 0 Å². The first-order chi connectivity index (χ1) is 8.59. The van der Waals surface area contributed by atoms with Crippen molar-refractivity contribution in [3.63, 3.8) is 0 Å². The molecule has 1 atom stereocenters. The Morgan fingerprint density at radius 1 is 1.42 bits per heavy atom. The van der Waals surface area contributed by atoms with Crippen molar-refractivity contribution in [3.8, 4) is 0 Å². The van der Waals surface area contributed by atoms with Gasteiger partial charge in [0.25, 0.3) is 5.91 Å². The van der Waals surface area contributed by atoms with Crippen molar-refractivity contribution >= 4 is 18.3 Å². The maximum atomic E-state index is 12.4. The Balaban J connectivity index is 0.00000180. The molecule has 106 valence electrons. The first kappa shape index (κ1) is 16.0. The SMILES string of the molecule is CC(C)c1cccc(C(=O)N(C)C2CCNC2)c1.Cl. The molecule has 1 fully saturated rings. The molecule has 0 aliphatic carbocycles. The third-order valence-electron chi connectivity index (χ3n) is 3.70. The largest absolute Gasteiger partial charge is 0.337 e. The summed E-state index contributed by atoms with van der Waals surface area (Å²) in [4.78, 5) is 14.3. The summed E-state index contributed by atoms with van der Waals surface area (Å²) in [7, 11) is 1.90. The Labute approximate surface area is 121 Å². The van der Waals surface area contributed by atoms with E-state index in [-0.39, 0.29) is 18.3 Å². The molecule has 1 heterocycles. The van der Waals surface area contributed by atoms with Crippen molar-refractivity contribution < 1.29 is 4.79 Å². The van der Waals surface area contributed by atoms with Crippen LogP contribution in [-0.4, -0.2) is 37.0 Å². The van der Waals surface area contributed by atoms with Gasteiger partial charge in [0, 0.05) is 25.2 Å². The minimum Gasteiger partial charge on any atom is -0.337 e. The summed E-state index contributed by atoms with van der Waals surface area (Å²) in [5, 5.41) is 3.30. The van der Waals surface area contributed by atoms with Crippen molar-refractivity contribution in [3.05, 3.63) is 35.4 Å². The van der Waals surface area contributed by atoms with E-state index < -0.39 is 0 Å². The van der Waals surface area contributed by atoms with E-state index in [0.29, 0.717) is 12.0 Å². The van der Waals surface area contributed by atoms with Gasteiger partial charge in [-0.1, -0.05) is 26.0 Å². The van der Waals surface area contributed by atoms with Crippen molar-refractivity contribution in [1.82, 2.24) is 10.2 Å². The van der Waals surface area contributed by atoms with E-state index in [9.17, 15) is 4.79 Å². The van der Waals surface area contributed by atoms with Gasteiger partial charge >= 0.3 is 0 Å². The normalized spacial score (nSPS) is 18.2. The molecule has 19 heavy (non-hydrogen) atoms. The second-order valence-electron chi connectivity index (χ2n) is 5.34. The third-order valence-corrected chi connectivity index (χ3v) is 3.70. The molecule has 1 amide bonds. The molecule has 3 nitrogen and oxygen atoms in total. The lowest BCUT2D eigenvalue weighted by Gasteiger charge is -2.24. The number of carbonyl (C=O) groups is 1. The van der Waals surface area contributed by atoms with Gasteiger partial charge in [-0.05, 0) is 36.6 Å². The quantitative estimate of drug-likeness (QED) is 0.924. The molecule has 0 spiro atoms. The van der Waals surface area contributed by atoms with Crippen LogP contribution >= 0.6 is 12.4 Å². The van der Waals surface area contributed by atoms with Gasteiger partial charge < -0.3 is 10.2 Å². The van der Waals surface area contributed by atoms with Crippen molar-refractivity contribution in [2.45, 2.75) is 32.2 Å². The molecule has 1 unspecified atom stereocenters. The number of nitrogens with one attached hydrogen (secondary N) is 1. The lowest BCUT2D eigenvalue weighted by atomic mass is 10.0. The lowest BCUT2D eigenvalue weighted by Crippen LogP contribution is -2.38. The van der Waals surface area contributed by atoms with E-state index in [2.05, 4.69) is 25.2 Å². The van der Waals surface area contributed by atoms with Crippen molar-refractivity contribution in [1.29, 1.82) is 0 Å². The average molecular weight is 283 g/mol. The highest BCUT2D eigenvalue weighted by Crippen LogP contribution is 2.18. The number of nitrogens with zero attached hydrogens (tertiary/aromatic N) is 1. The molecule has 0 saturated carbocycles. The highest BCUT2D eigenvalue weighted by Gasteiger charge is 2.24. The molecule has 1 aliphatic rings. The maximum absolute atomic E-state index is 12.4. The Kier molecular flexibility index (Phi) is 5.83. The topological polar surface area (TPSA) is 32.3 Å². The Bertz CT molecular complexity index is 428.